The number of amides is 2. The number of para-hydroxylation sites is 1. The summed E-state index contributed by atoms with van der Waals surface area (Å²) in [6, 6.07) is 12.2. The van der Waals surface area contributed by atoms with Crippen LogP contribution >= 0.6 is 0 Å². The lowest BCUT2D eigenvalue weighted by molar-refractivity contribution is 0.215. The molecule has 1 atom stereocenters. The monoisotopic (exact) mass is 415 g/mol. The predicted octanol–water partition coefficient (Wildman–Crippen LogP) is 2.58. The number of aryl methyl sites for hydroxylation is 1. The van der Waals surface area contributed by atoms with E-state index in [2.05, 4.69) is 53.8 Å². The molecule has 0 saturated carbocycles. The Hall–Kier alpha value is -3.82. The number of anilines is 1. The lowest BCUT2D eigenvalue weighted by Gasteiger charge is -2.33. The summed E-state index contributed by atoms with van der Waals surface area (Å²) in [7, 11) is 0. The highest BCUT2D eigenvalue weighted by molar-refractivity contribution is 5.87. The molecule has 2 aliphatic heterocycles. The van der Waals surface area contributed by atoms with Crippen molar-refractivity contribution in [2.45, 2.75) is 31.2 Å². The molecule has 4 aromatic rings. The predicted molar refractivity (Wildman–Crippen MR) is 113 cm³/mol. The van der Waals surface area contributed by atoms with Crippen molar-refractivity contribution in [3.05, 3.63) is 48.3 Å². The Morgan fingerprint density at radius 2 is 2.10 bits per heavy atom. The van der Waals surface area contributed by atoms with Crippen LogP contribution in [-0.2, 0) is 12.0 Å². The van der Waals surface area contributed by atoms with Crippen molar-refractivity contribution in [2.24, 2.45) is 0 Å². The molecule has 1 saturated heterocycles. The number of nitrogens with zero attached hydrogens (tertiary/aromatic N) is 7. The van der Waals surface area contributed by atoms with Gasteiger partial charge in [-0.05, 0) is 42.7 Å². The van der Waals surface area contributed by atoms with E-state index in [-0.39, 0.29) is 17.4 Å². The Kier molecular flexibility index (Phi) is 3.98. The van der Waals surface area contributed by atoms with Crippen molar-refractivity contribution in [1.82, 2.24) is 40.3 Å². The van der Waals surface area contributed by atoms with Gasteiger partial charge in [-0.2, -0.15) is 10.3 Å². The van der Waals surface area contributed by atoms with E-state index in [0.29, 0.717) is 13.1 Å². The number of nitrogens with one attached hydrogen (secondary N) is 2. The maximum atomic E-state index is 12.7. The fourth-order valence-electron chi connectivity index (χ4n) is 4.91. The van der Waals surface area contributed by atoms with Crippen molar-refractivity contribution < 1.29 is 4.79 Å². The fraction of sp³-hybridized carbons (Fsp3) is 0.333. The van der Waals surface area contributed by atoms with Gasteiger partial charge in [0.25, 0.3) is 5.95 Å². The van der Waals surface area contributed by atoms with Gasteiger partial charge < -0.3 is 4.90 Å². The molecule has 5 heterocycles. The molecule has 156 valence electrons. The number of pyridine rings is 1. The van der Waals surface area contributed by atoms with Crippen LogP contribution in [0.2, 0.25) is 0 Å². The molecule has 6 rings (SSSR count). The lowest BCUT2D eigenvalue weighted by Crippen LogP contribution is -2.40. The van der Waals surface area contributed by atoms with Gasteiger partial charge in [0.2, 0.25) is 0 Å². The topological polar surface area (TPSA) is 118 Å². The number of likely N-dealkylation sites (tertiary alicyclic amines) is 1. The molecular weight excluding hydrogens is 394 g/mol. The van der Waals surface area contributed by atoms with Crippen molar-refractivity contribution in [1.29, 1.82) is 0 Å². The molecule has 1 fully saturated rings. The van der Waals surface area contributed by atoms with E-state index in [9.17, 15) is 4.79 Å². The van der Waals surface area contributed by atoms with E-state index in [4.69, 9.17) is 5.10 Å². The molecule has 0 aliphatic carbocycles. The third-order valence-electron chi connectivity index (χ3n) is 6.44. The molecule has 0 bridgehead atoms. The van der Waals surface area contributed by atoms with Crippen molar-refractivity contribution >= 4 is 22.9 Å². The van der Waals surface area contributed by atoms with Crippen LogP contribution in [0.15, 0.2) is 42.6 Å². The van der Waals surface area contributed by atoms with Crippen LogP contribution in [-0.4, -0.2) is 59.4 Å². The van der Waals surface area contributed by atoms with Gasteiger partial charge in [-0.15, -0.1) is 5.10 Å². The number of carbonyl (C=O) groups is 1. The molecule has 1 aromatic carbocycles. The highest BCUT2D eigenvalue weighted by Crippen LogP contribution is 2.43. The van der Waals surface area contributed by atoms with Gasteiger partial charge >= 0.3 is 6.03 Å². The average Bonchev–Trinajstić information content (AvgIpc) is 3.54. The van der Waals surface area contributed by atoms with Crippen LogP contribution in [0.3, 0.4) is 0 Å². The zero-order valence-electron chi connectivity index (χ0n) is 16.8. The van der Waals surface area contributed by atoms with E-state index >= 15 is 0 Å². The van der Waals surface area contributed by atoms with Gasteiger partial charge in [0.15, 0.2) is 0 Å². The van der Waals surface area contributed by atoms with Crippen molar-refractivity contribution in [3.63, 3.8) is 0 Å². The number of tetrazole rings is 1. The Balaban J connectivity index is 1.29. The molecule has 2 N–H and O–H groups in total. The molecule has 3 aromatic heterocycles. The van der Waals surface area contributed by atoms with E-state index < -0.39 is 0 Å². The summed E-state index contributed by atoms with van der Waals surface area (Å²) in [5.41, 5.74) is 4.05. The molecule has 1 unspecified atom stereocenters. The maximum Gasteiger partial charge on any atom is 0.324 e. The van der Waals surface area contributed by atoms with E-state index in [1.54, 1.807) is 0 Å². The minimum Gasteiger partial charge on any atom is -0.323 e. The number of fused-ring (bicyclic) bond motifs is 3. The molecule has 1 spiro atoms. The smallest absolute Gasteiger partial charge is 0.323 e. The Labute approximate surface area is 177 Å². The minimum absolute atomic E-state index is 0.0810. The zero-order chi connectivity index (χ0) is 20.8. The highest BCUT2D eigenvalue weighted by Gasteiger charge is 2.45. The molecule has 10 nitrogen and oxygen atoms in total. The first-order chi connectivity index (χ1) is 15.2. The largest absolute Gasteiger partial charge is 0.324 e. The van der Waals surface area contributed by atoms with E-state index in [1.807, 2.05) is 29.3 Å². The number of benzene rings is 1. The van der Waals surface area contributed by atoms with Crippen LogP contribution in [0.4, 0.5) is 10.7 Å². The molecule has 10 heteroatoms. The number of carbonyl (C=O) groups excluding carboxylic acids is 1. The van der Waals surface area contributed by atoms with Gasteiger partial charge in [-0.1, -0.05) is 23.3 Å². The van der Waals surface area contributed by atoms with Crippen LogP contribution in [0.5, 0.6) is 0 Å². The van der Waals surface area contributed by atoms with Gasteiger partial charge in [-0.25, -0.2) is 4.79 Å². The van der Waals surface area contributed by atoms with Gasteiger partial charge in [0.05, 0.1) is 11.2 Å². The maximum absolute atomic E-state index is 12.7. The quantitative estimate of drug-likeness (QED) is 0.520. The minimum atomic E-state index is -0.200. The average molecular weight is 415 g/mol. The fourth-order valence-corrected chi connectivity index (χ4v) is 4.91. The zero-order valence-corrected chi connectivity index (χ0v) is 16.8. The molecule has 2 aliphatic rings. The summed E-state index contributed by atoms with van der Waals surface area (Å²) < 4.78 is 2.12. The summed E-state index contributed by atoms with van der Waals surface area (Å²) in [4.78, 5) is 19.1. The first-order valence-electron chi connectivity index (χ1n) is 10.4. The summed E-state index contributed by atoms with van der Waals surface area (Å²) in [6.45, 7) is 2.23. The van der Waals surface area contributed by atoms with Crippen LogP contribution in [0.25, 0.3) is 22.2 Å². The summed E-state index contributed by atoms with van der Waals surface area (Å²) in [5, 5.41) is 22.1. The second kappa shape index (κ2) is 6.86. The van der Waals surface area contributed by atoms with Gasteiger partial charge in [0.1, 0.15) is 0 Å². The molecule has 2 amide bonds. The Morgan fingerprint density at radius 1 is 1.16 bits per heavy atom. The number of hydrogen-bond acceptors (Lipinski definition) is 6. The molecule has 31 heavy (non-hydrogen) atoms. The van der Waals surface area contributed by atoms with Gasteiger partial charge in [-0.3, -0.25) is 15.0 Å². The normalized spacial score (nSPS) is 20.3. The third kappa shape index (κ3) is 3.02. The number of aromatic amines is 1. The van der Waals surface area contributed by atoms with Crippen LogP contribution in [0, 0.1) is 0 Å². The number of hydrogen-bond donors (Lipinski definition) is 2. The summed E-state index contributed by atoms with van der Waals surface area (Å²) in [6.07, 6.45) is 4.89. The first-order valence-corrected chi connectivity index (χ1v) is 10.4. The number of rotatable bonds is 2. The van der Waals surface area contributed by atoms with Crippen LogP contribution in [0.1, 0.15) is 25.0 Å². The van der Waals surface area contributed by atoms with E-state index in [1.165, 1.54) is 5.69 Å². The molecular formula is C21H21N9O. The summed E-state index contributed by atoms with van der Waals surface area (Å²) >= 11 is 0. The second-order valence-electron chi connectivity index (χ2n) is 8.28. The van der Waals surface area contributed by atoms with Crippen molar-refractivity contribution in [3.8, 4) is 11.3 Å². The van der Waals surface area contributed by atoms with E-state index in [0.717, 1.165) is 48.0 Å². The van der Waals surface area contributed by atoms with Crippen LogP contribution < -0.4 is 5.32 Å². The Morgan fingerprint density at radius 3 is 3.00 bits per heavy atom. The standard InChI is InChI=1S/C21H21N9O/c31-20(23-19-24-27-28-25-19)29-9-7-21(13-29)6-3-8-30-18(21)11-17(26-30)15-10-14-4-1-2-5-16(14)22-12-15/h1-2,4-5,10-12H,3,6-9,13H2,(H2,23,24,25,27,28,31). The third-order valence-corrected chi connectivity index (χ3v) is 6.44. The summed E-state index contributed by atoms with van der Waals surface area (Å²) in [5.74, 6) is 0.186. The first kappa shape index (κ1) is 18.0. The number of urea groups is 1. The highest BCUT2D eigenvalue weighted by atomic mass is 16.2. The number of aromatic nitrogens is 7. The Bertz CT molecular complexity index is 1270. The van der Waals surface area contributed by atoms with Crippen molar-refractivity contribution in [2.75, 3.05) is 18.4 Å². The van der Waals surface area contributed by atoms with Gasteiger partial charge in [0, 0.05) is 47.9 Å². The second-order valence-corrected chi connectivity index (χ2v) is 8.28. The SMILES string of the molecule is O=C(Nc1nn[nH]n1)N1CCC2(CCCn3nc(-c4cnc5ccccc5c4)cc32)C1. The molecule has 0 radical (unpaired) electrons. The number of H-pyrrole nitrogens is 1. The lowest BCUT2D eigenvalue weighted by atomic mass is 9.77.